The number of hydrogen-bond donors (Lipinski definition) is 0. The van der Waals surface area contributed by atoms with Crippen molar-refractivity contribution in [1.29, 1.82) is 0 Å². The van der Waals surface area contributed by atoms with Crippen molar-refractivity contribution in [2.24, 2.45) is 0 Å². The molecule has 0 fully saturated rings. The Labute approximate surface area is 407 Å². The smallest absolute Gasteiger partial charge is 0.306 e. The molecule has 0 aromatic heterocycles. The molecule has 0 aromatic carbocycles. The highest BCUT2D eigenvalue weighted by molar-refractivity contribution is 5.71. The van der Waals surface area contributed by atoms with Crippen molar-refractivity contribution in [1.82, 2.24) is 0 Å². The lowest BCUT2D eigenvalue weighted by molar-refractivity contribution is -0.167. The zero-order chi connectivity index (χ0) is 47.9. The fourth-order valence-corrected chi connectivity index (χ4v) is 7.40. The summed E-state index contributed by atoms with van der Waals surface area (Å²) in [6, 6.07) is 0. The molecule has 0 aromatic rings. The lowest BCUT2D eigenvalue weighted by atomic mass is 10.1. The largest absolute Gasteiger partial charge is 0.462 e. The van der Waals surface area contributed by atoms with Gasteiger partial charge < -0.3 is 14.2 Å². The second-order valence-corrected chi connectivity index (χ2v) is 18.1. The number of allylic oxidation sites excluding steroid dienone is 14. The first-order valence-electron chi connectivity index (χ1n) is 27.6. The Morgan fingerprint density at radius 3 is 0.955 bits per heavy atom. The van der Waals surface area contributed by atoms with Crippen LogP contribution < -0.4 is 0 Å². The molecule has 6 nitrogen and oxygen atoms in total. The van der Waals surface area contributed by atoms with Crippen LogP contribution in [0.15, 0.2) is 85.1 Å². The molecule has 6 heteroatoms. The van der Waals surface area contributed by atoms with E-state index in [0.717, 1.165) is 83.5 Å². The van der Waals surface area contributed by atoms with Gasteiger partial charge in [-0.1, -0.05) is 209 Å². The molecule has 0 bridgehead atoms. The van der Waals surface area contributed by atoms with Gasteiger partial charge in [0.05, 0.1) is 0 Å². The van der Waals surface area contributed by atoms with Crippen LogP contribution in [0.1, 0.15) is 258 Å². The molecular formula is C60H102O6. The molecule has 0 aliphatic heterocycles. The Morgan fingerprint density at radius 1 is 0.303 bits per heavy atom. The van der Waals surface area contributed by atoms with Crippen LogP contribution >= 0.6 is 0 Å². The van der Waals surface area contributed by atoms with Crippen molar-refractivity contribution in [2.75, 3.05) is 13.2 Å². The van der Waals surface area contributed by atoms with Crippen molar-refractivity contribution in [2.45, 2.75) is 264 Å². The summed E-state index contributed by atoms with van der Waals surface area (Å²) in [6.07, 6.45) is 69.9. The number of rotatable bonds is 49. The normalized spacial score (nSPS) is 12.7. The molecule has 66 heavy (non-hydrogen) atoms. The van der Waals surface area contributed by atoms with Crippen molar-refractivity contribution in [3.05, 3.63) is 85.1 Å². The molecule has 0 spiro atoms. The van der Waals surface area contributed by atoms with Crippen molar-refractivity contribution < 1.29 is 28.6 Å². The lowest BCUT2D eigenvalue weighted by Gasteiger charge is -2.18. The summed E-state index contributed by atoms with van der Waals surface area (Å²) in [6.45, 7) is 6.52. The predicted octanol–water partition coefficient (Wildman–Crippen LogP) is 18.4. The van der Waals surface area contributed by atoms with E-state index in [2.05, 4.69) is 106 Å². The van der Waals surface area contributed by atoms with E-state index in [9.17, 15) is 14.4 Å². The van der Waals surface area contributed by atoms with Gasteiger partial charge >= 0.3 is 17.9 Å². The Bertz CT molecular complexity index is 1290. The van der Waals surface area contributed by atoms with Crippen LogP contribution in [0.25, 0.3) is 0 Å². The molecule has 0 aliphatic rings. The molecule has 378 valence electrons. The van der Waals surface area contributed by atoms with E-state index in [1.807, 2.05) is 0 Å². The van der Waals surface area contributed by atoms with Gasteiger partial charge in [-0.05, 0) is 116 Å². The molecule has 0 saturated carbocycles. The van der Waals surface area contributed by atoms with Crippen molar-refractivity contribution in [3.8, 4) is 0 Å². The van der Waals surface area contributed by atoms with E-state index in [-0.39, 0.29) is 37.5 Å². The van der Waals surface area contributed by atoms with Crippen LogP contribution in [0.2, 0.25) is 0 Å². The Morgan fingerprint density at radius 2 is 0.561 bits per heavy atom. The molecule has 0 rings (SSSR count). The average Bonchev–Trinajstić information content (AvgIpc) is 3.31. The van der Waals surface area contributed by atoms with Crippen molar-refractivity contribution >= 4 is 17.9 Å². The average molecular weight is 919 g/mol. The second kappa shape index (κ2) is 54.2. The number of carbonyl (C=O) groups excluding carboxylic acids is 3. The van der Waals surface area contributed by atoms with Crippen LogP contribution in [0.3, 0.4) is 0 Å². The van der Waals surface area contributed by atoms with Gasteiger partial charge in [-0.15, -0.1) is 0 Å². The summed E-state index contributed by atoms with van der Waals surface area (Å²) in [5.41, 5.74) is 0. The highest BCUT2D eigenvalue weighted by Gasteiger charge is 2.19. The van der Waals surface area contributed by atoms with Crippen LogP contribution in [0.4, 0.5) is 0 Å². The quantitative estimate of drug-likeness (QED) is 0.0262. The molecule has 0 N–H and O–H groups in total. The standard InChI is InChI=1S/C60H102O6/c1-4-7-10-13-16-19-22-25-28-30-32-35-38-41-44-47-50-53-59(62)65-56-57(55-64-58(61)52-49-46-43-40-37-34-27-24-21-18-15-12-9-6-3)66-60(63)54-51-48-45-42-39-36-33-31-29-26-23-20-17-14-11-8-5-2/h16-17,19-20,24-29,32,35,41,44,57H,4-15,18,21-23,30-31,33-34,36-40,42-43,45-56H2,1-3H3/b19-16-,20-17-,27-24-,28-25-,29-26-,35-32-,44-41-/t57-/m1/s1. The highest BCUT2D eigenvalue weighted by atomic mass is 16.6. The van der Waals surface area contributed by atoms with E-state index >= 15 is 0 Å². The summed E-state index contributed by atoms with van der Waals surface area (Å²) in [7, 11) is 0. The maximum atomic E-state index is 12.8. The van der Waals surface area contributed by atoms with E-state index in [1.54, 1.807) is 0 Å². The molecule has 0 amide bonds. The molecule has 0 heterocycles. The highest BCUT2D eigenvalue weighted by Crippen LogP contribution is 2.14. The van der Waals surface area contributed by atoms with Gasteiger partial charge in [0.25, 0.3) is 0 Å². The molecular weight excluding hydrogens is 817 g/mol. The summed E-state index contributed by atoms with van der Waals surface area (Å²) < 4.78 is 16.8. The number of esters is 3. The molecule has 1 atom stereocenters. The van der Waals surface area contributed by atoms with E-state index in [4.69, 9.17) is 14.2 Å². The SMILES string of the molecule is CCCCC/C=C\C/C=C\C/C=C\C/C=C\CCCC(=O)OC[C@@H](COC(=O)CCCCCCC/C=C\CCCCCCC)OC(=O)CCCCCCCCC/C=C\C/C=C\CCCCC. The minimum absolute atomic E-state index is 0.101. The molecule has 0 unspecified atom stereocenters. The summed E-state index contributed by atoms with van der Waals surface area (Å²) in [5, 5.41) is 0. The van der Waals surface area contributed by atoms with Gasteiger partial charge in [-0.3, -0.25) is 14.4 Å². The minimum atomic E-state index is -0.806. The predicted molar refractivity (Wildman–Crippen MR) is 284 cm³/mol. The summed E-state index contributed by atoms with van der Waals surface area (Å²) >= 11 is 0. The summed E-state index contributed by atoms with van der Waals surface area (Å²) in [4.78, 5) is 38.1. The Hall–Kier alpha value is -3.41. The minimum Gasteiger partial charge on any atom is -0.462 e. The van der Waals surface area contributed by atoms with Crippen LogP contribution in [-0.4, -0.2) is 37.2 Å². The molecule has 0 aliphatic carbocycles. The van der Waals surface area contributed by atoms with Crippen molar-refractivity contribution in [3.63, 3.8) is 0 Å². The number of ether oxygens (including phenoxy) is 3. The van der Waals surface area contributed by atoms with Crippen LogP contribution in [0, 0.1) is 0 Å². The maximum Gasteiger partial charge on any atom is 0.306 e. The second-order valence-electron chi connectivity index (χ2n) is 18.1. The first kappa shape index (κ1) is 62.6. The van der Waals surface area contributed by atoms with Gasteiger partial charge in [0.15, 0.2) is 6.10 Å². The van der Waals surface area contributed by atoms with Gasteiger partial charge in [0.2, 0.25) is 0 Å². The third kappa shape index (κ3) is 51.6. The van der Waals surface area contributed by atoms with Gasteiger partial charge in [-0.2, -0.15) is 0 Å². The fraction of sp³-hybridized carbons (Fsp3) is 0.717. The van der Waals surface area contributed by atoms with Gasteiger partial charge in [-0.25, -0.2) is 0 Å². The topological polar surface area (TPSA) is 78.9 Å². The first-order valence-corrected chi connectivity index (χ1v) is 27.6. The zero-order valence-electron chi connectivity index (χ0n) is 43.2. The zero-order valence-corrected chi connectivity index (χ0v) is 43.2. The van der Waals surface area contributed by atoms with E-state index in [1.165, 1.54) is 128 Å². The Kier molecular flexibility index (Phi) is 51.4. The van der Waals surface area contributed by atoms with Crippen LogP contribution in [-0.2, 0) is 28.6 Å². The van der Waals surface area contributed by atoms with Crippen LogP contribution in [0.5, 0.6) is 0 Å². The molecule has 0 saturated heterocycles. The summed E-state index contributed by atoms with van der Waals surface area (Å²) in [5.74, 6) is -0.973. The van der Waals surface area contributed by atoms with Gasteiger partial charge in [0, 0.05) is 19.3 Å². The monoisotopic (exact) mass is 919 g/mol. The van der Waals surface area contributed by atoms with Gasteiger partial charge in [0.1, 0.15) is 13.2 Å². The maximum absolute atomic E-state index is 12.8. The number of unbranched alkanes of at least 4 members (excludes halogenated alkanes) is 24. The number of hydrogen-bond acceptors (Lipinski definition) is 6. The van der Waals surface area contributed by atoms with E-state index in [0.29, 0.717) is 19.3 Å². The fourth-order valence-electron chi connectivity index (χ4n) is 7.40. The first-order chi connectivity index (χ1) is 32.5. The number of carbonyl (C=O) groups is 3. The molecule has 0 radical (unpaired) electrons. The third-order valence-corrected chi connectivity index (χ3v) is 11.6. The van der Waals surface area contributed by atoms with E-state index < -0.39 is 6.10 Å². The Balaban J connectivity index is 4.50. The lowest BCUT2D eigenvalue weighted by Crippen LogP contribution is -2.30. The third-order valence-electron chi connectivity index (χ3n) is 11.6.